The predicted molar refractivity (Wildman–Crippen MR) is 74.8 cm³/mol. The number of hydrogen-bond acceptors (Lipinski definition) is 2. The number of aromatic nitrogens is 2. The van der Waals surface area contributed by atoms with E-state index in [9.17, 15) is 4.79 Å². The highest BCUT2D eigenvalue weighted by molar-refractivity contribution is 9.10. The summed E-state index contributed by atoms with van der Waals surface area (Å²) < 4.78 is 2.60. The normalized spacial score (nSPS) is 10.4. The van der Waals surface area contributed by atoms with Crippen molar-refractivity contribution in [3.63, 3.8) is 0 Å². The number of nitrogens with zero attached hydrogens (tertiary/aromatic N) is 2. The Hall–Kier alpha value is -1.62. The second kappa shape index (κ2) is 4.94. The van der Waals surface area contributed by atoms with Crippen molar-refractivity contribution >= 4 is 27.5 Å². The van der Waals surface area contributed by atoms with Crippen LogP contribution in [-0.4, -0.2) is 15.7 Å². The van der Waals surface area contributed by atoms with E-state index in [2.05, 4.69) is 26.3 Å². The first-order chi connectivity index (χ1) is 8.47. The Kier molecular flexibility index (Phi) is 3.52. The zero-order valence-corrected chi connectivity index (χ0v) is 12.1. The molecule has 4 nitrogen and oxygen atoms in total. The Bertz CT molecular complexity index is 604. The lowest BCUT2D eigenvalue weighted by atomic mass is 10.2. The SMILES string of the molecule is Cc1ccc(NC(=O)c2nn(C)cc2C)cc1Br. The molecule has 2 rings (SSSR count). The molecule has 0 spiro atoms. The van der Waals surface area contributed by atoms with Crippen LogP contribution in [0.4, 0.5) is 5.69 Å². The van der Waals surface area contributed by atoms with Crippen molar-refractivity contribution < 1.29 is 4.79 Å². The fourth-order valence-corrected chi connectivity index (χ4v) is 2.07. The monoisotopic (exact) mass is 307 g/mol. The number of halogens is 1. The van der Waals surface area contributed by atoms with Crippen molar-refractivity contribution in [1.29, 1.82) is 0 Å². The highest BCUT2D eigenvalue weighted by Gasteiger charge is 2.13. The minimum absolute atomic E-state index is 0.191. The molecule has 18 heavy (non-hydrogen) atoms. The average molecular weight is 308 g/mol. The number of nitrogens with one attached hydrogen (secondary N) is 1. The minimum atomic E-state index is -0.191. The number of rotatable bonds is 2. The number of benzene rings is 1. The molecule has 0 atom stereocenters. The molecule has 0 fully saturated rings. The summed E-state index contributed by atoms with van der Waals surface area (Å²) in [5.41, 5.74) is 3.19. The Morgan fingerprint density at radius 3 is 2.61 bits per heavy atom. The number of amides is 1. The topological polar surface area (TPSA) is 46.9 Å². The second-order valence-electron chi connectivity index (χ2n) is 4.25. The maximum absolute atomic E-state index is 12.0. The van der Waals surface area contributed by atoms with Crippen molar-refractivity contribution in [2.45, 2.75) is 13.8 Å². The third-order valence-corrected chi connectivity index (χ3v) is 3.51. The van der Waals surface area contributed by atoms with Crippen LogP contribution in [0.2, 0.25) is 0 Å². The molecule has 2 aromatic rings. The van der Waals surface area contributed by atoms with E-state index in [1.54, 1.807) is 11.7 Å². The van der Waals surface area contributed by atoms with Crippen LogP contribution in [0.15, 0.2) is 28.9 Å². The van der Waals surface area contributed by atoms with Crippen molar-refractivity contribution in [3.8, 4) is 0 Å². The molecule has 0 radical (unpaired) electrons. The zero-order valence-electron chi connectivity index (χ0n) is 10.5. The lowest BCUT2D eigenvalue weighted by Gasteiger charge is -2.06. The first kappa shape index (κ1) is 12.8. The lowest BCUT2D eigenvalue weighted by Crippen LogP contribution is -2.14. The molecule has 1 heterocycles. The third-order valence-electron chi connectivity index (χ3n) is 2.66. The van der Waals surface area contributed by atoms with Gasteiger partial charge in [0.15, 0.2) is 5.69 Å². The summed E-state index contributed by atoms with van der Waals surface area (Å²) in [6.45, 7) is 3.87. The molecule has 5 heteroatoms. The Morgan fingerprint density at radius 2 is 2.06 bits per heavy atom. The smallest absolute Gasteiger partial charge is 0.276 e. The summed E-state index contributed by atoms with van der Waals surface area (Å²) in [5, 5.41) is 6.97. The number of anilines is 1. The van der Waals surface area contributed by atoms with Gasteiger partial charge in [-0.2, -0.15) is 5.10 Å². The van der Waals surface area contributed by atoms with Crippen LogP contribution in [-0.2, 0) is 7.05 Å². The van der Waals surface area contributed by atoms with Crippen molar-refractivity contribution in [2.24, 2.45) is 7.05 Å². The highest BCUT2D eigenvalue weighted by Crippen LogP contribution is 2.21. The van der Waals surface area contributed by atoms with E-state index in [0.29, 0.717) is 5.69 Å². The molecule has 0 aliphatic heterocycles. The summed E-state index contributed by atoms with van der Waals surface area (Å²) >= 11 is 3.44. The van der Waals surface area contributed by atoms with Gasteiger partial charge >= 0.3 is 0 Å². The fraction of sp³-hybridized carbons (Fsp3) is 0.231. The van der Waals surface area contributed by atoms with Gasteiger partial charge in [0.2, 0.25) is 0 Å². The summed E-state index contributed by atoms with van der Waals surface area (Å²) in [6.07, 6.45) is 1.82. The van der Waals surface area contributed by atoms with E-state index >= 15 is 0 Å². The molecular weight excluding hydrogens is 294 g/mol. The number of hydrogen-bond donors (Lipinski definition) is 1. The summed E-state index contributed by atoms with van der Waals surface area (Å²) in [7, 11) is 1.80. The van der Waals surface area contributed by atoms with Gasteiger partial charge < -0.3 is 5.32 Å². The Morgan fingerprint density at radius 1 is 1.33 bits per heavy atom. The first-order valence-corrected chi connectivity index (χ1v) is 6.34. The van der Waals surface area contributed by atoms with Gasteiger partial charge in [0.05, 0.1) is 0 Å². The van der Waals surface area contributed by atoms with Crippen molar-refractivity contribution in [1.82, 2.24) is 9.78 Å². The molecule has 94 valence electrons. The summed E-state index contributed by atoms with van der Waals surface area (Å²) in [5.74, 6) is -0.191. The Balaban J connectivity index is 2.21. The van der Waals surface area contributed by atoms with Gasteiger partial charge in [-0.25, -0.2) is 0 Å². The van der Waals surface area contributed by atoms with Crippen molar-refractivity contribution in [2.75, 3.05) is 5.32 Å². The maximum atomic E-state index is 12.0. The first-order valence-electron chi connectivity index (χ1n) is 5.55. The quantitative estimate of drug-likeness (QED) is 0.927. The second-order valence-corrected chi connectivity index (χ2v) is 5.11. The standard InChI is InChI=1S/C13H14BrN3O/c1-8-4-5-10(6-11(8)14)15-13(18)12-9(2)7-17(3)16-12/h4-7H,1-3H3,(H,15,18). The number of carbonyl (C=O) groups excluding carboxylic acids is 1. The predicted octanol–water partition coefficient (Wildman–Crippen LogP) is 3.05. The van der Waals surface area contributed by atoms with Crippen LogP contribution >= 0.6 is 15.9 Å². The molecule has 0 aliphatic carbocycles. The largest absolute Gasteiger partial charge is 0.321 e. The van der Waals surface area contributed by atoms with Crippen LogP contribution in [0.1, 0.15) is 21.6 Å². The Labute approximate surface area is 114 Å². The van der Waals surface area contributed by atoms with Crippen LogP contribution in [0, 0.1) is 13.8 Å². The molecular formula is C13H14BrN3O. The molecule has 0 bridgehead atoms. The van der Waals surface area contributed by atoms with E-state index in [0.717, 1.165) is 21.3 Å². The number of carbonyl (C=O) groups is 1. The molecule has 0 aliphatic rings. The van der Waals surface area contributed by atoms with Crippen LogP contribution in [0.3, 0.4) is 0 Å². The van der Waals surface area contributed by atoms with E-state index in [-0.39, 0.29) is 5.91 Å². The molecule has 1 aromatic carbocycles. The van der Waals surface area contributed by atoms with Crippen LogP contribution < -0.4 is 5.32 Å². The average Bonchev–Trinajstić information content (AvgIpc) is 2.63. The van der Waals surface area contributed by atoms with Gasteiger partial charge in [-0.15, -0.1) is 0 Å². The van der Waals surface area contributed by atoms with E-state index in [4.69, 9.17) is 0 Å². The number of aryl methyl sites for hydroxylation is 3. The maximum Gasteiger partial charge on any atom is 0.276 e. The van der Waals surface area contributed by atoms with E-state index < -0.39 is 0 Å². The molecule has 1 amide bonds. The van der Waals surface area contributed by atoms with Crippen molar-refractivity contribution in [3.05, 3.63) is 45.7 Å². The third kappa shape index (κ3) is 2.61. The van der Waals surface area contributed by atoms with Gasteiger partial charge in [0, 0.05) is 29.0 Å². The van der Waals surface area contributed by atoms with Gasteiger partial charge in [0.1, 0.15) is 0 Å². The molecule has 1 aromatic heterocycles. The highest BCUT2D eigenvalue weighted by atomic mass is 79.9. The van der Waals surface area contributed by atoms with Crippen LogP contribution in [0.25, 0.3) is 0 Å². The van der Waals surface area contributed by atoms with Gasteiger partial charge in [0.25, 0.3) is 5.91 Å². The summed E-state index contributed by atoms with van der Waals surface area (Å²) in [4.78, 5) is 12.0. The summed E-state index contributed by atoms with van der Waals surface area (Å²) in [6, 6.07) is 5.70. The fourth-order valence-electron chi connectivity index (χ4n) is 1.69. The zero-order chi connectivity index (χ0) is 13.3. The van der Waals surface area contributed by atoms with E-state index in [1.807, 2.05) is 38.2 Å². The lowest BCUT2D eigenvalue weighted by molar-refractivity contribution is 0.102. The molecule has 0 saturated carbocycles. The van der Waals surface area contributed by atoms with Gasteiger partial charge in [-0.1, -0.05) is 22.0 Å². The van der Waals surface area contributed by atoms with Crippen LogP contribution in [0.5, 0.6) is 0 Å². The molecule has 1 N–H and O–H groups in total. The van der Waals surface area contributed by atoms with E-state index in [1.165, 1.54) is 0 Å². The minimum Gasteiger partial charge on any atom is -0.321 e. The molecule has 0 unspecified atom stereocenters. The van der Waals surface area contributed by atoms with Gasteiger partial charge in [-0.3, -0.25) is 9.48 Å². The molecule has 0 saturated heterocycles. The van der Waals surface area contributed by atoms with Gasteiger partial charge in [-0.05, 0) is 31.5 Å².